The largest absolute Gasteiger partial charge is 0.480 e. The van der Waals surface area contributed by atoms with Gasteiger partial charge in [-0.2, -0.15) is 0 Å². The van der Waals surface area contributed by atoms with E-state index in [0.29, 0.717) is 5.56 Å². The Bertz CT molecular complexity index is 1220. The minimum Gasteiger partial charge on any atom is -0.480 e. The van der Waals surface area contributed by atoms with Gasteiger partial charge in [-0.05, 0) is 49.9 Å². The Hall–Kier alpha value is -5.02. The molecule has 20 nitrogen and oxygen atoms in total. The predicted octanol–water partition coefficient (Wildman–Crippen LogP) is -4.58. The van der Waals surface area contributed by atoms with Crippen LogP contribution in [0.25, 0.3) is 0 Å². The van der Waals surface area contributed by atoms with Gasteiger partial charge in [0.25, 0.3) is 0 Å². The number of carboxylic acid groups (broad SMARTS) is 2. The zero-order chi connectivity index (χ0) is 36.3. The van der Waals surface area contributed by atoms with Crippen molar-refractivity contribution in [3.05, 3.63) is 29.8 Å². The Labute approximate surface area is 268 Å². The van der Waals surface area contributed by atoms with Gasteiger partial charge < -0.3 is 65.1 Å². The van der Waals surface area contributed by atoms with Crippen LogP contribution in [0.15, 0.2) is 24.3 Å². The monoisotopic (exact) mass is 670 g/mol. The van der Waals surface area contributed by atoms with E-state index in [2.05, 4.69) is 10.1 Å². The lowest BCUT2D eigenvalue weighted by Crippen LogP contribution is -2.42. The quantitative estimate of drug-likeness (QED) is 0.0476. The van der Waals surface area contributed by atoms with Crippen LogP contribution in [-0.4, -0.2) is 94.5 Å². The molecule has 0 spiro atoms. The highest BCUT2D eigenvalue weighted by Crippen LogP contribution is 2.14. The number of benzene rings is 1. The number of amides is 3. The summed E-state index contributed by atoms with van der Waals surface area (Å²) in [6.45, 7) is 0.858. The molecule has 1 aromatic carbocycles. The van der Waals surface area contributed by atoms with Gasteiger partial charge >= 0.3 is 29.8 Å². The van der Waals surface area contributed by atoms with Crippen LogP contribution >= 0.6 is 0 Å². The van der Waals surface area contributed by atoms with Crippen LogP contribution < -0.4 is 50.2 Å². The number of esters is 3. The third-order valence-electron chi connectivity index (χ3n) is 5.93. The van der Waals surface area contributed by atoms with E-state index < -0.39 is 84.6 Å². The molecule has 1 heterocycles. The molecule has 0 radical (unpaired) electrons. The summed E-state index contributed by atoms with van der Waals surface area (Å²) in [5, 5.41) is 19.9. The second kappa shape index (κ2) is 21.7. The SMILES string of the molecule is NC(=O)CC[C@H](N)C(=O)Oc1ccc(C[C@@H](N)C(=O)O)cc1.NC(=O)C[C@H](N)C(=O)OC(=O)[C@@H](N)CC(N)=O.O=C(O)[C@@H]1CCCN1. The van der Waals surface area contributed by atoms with Gasteiger partial charge in [-0.15, -0.1) is 0 Å². The molecule has 20 heteroatoms. The van der Waals surface area contributed by atoms with E-state index in [0.717, 1.165) is 19.4 Å². The summed E-state index contributed by atoms with van der Waals surface area (Å²) in [4.78, 5) is 86.2. The van der Waals surface area contributed by atoms with Crippen molar-refractivity contribution >= 4 is 47.6 Å². The fraction of sp³-hybridized carbons (Fsp3) is 0.481. The Morgan fingerprint density at radius 1 is 0.745 bits per heavy atom. The number of aliphatic carboxylic acids is 2. The van der Waals surface area contributed by atoms with Gasteiger partial charge in [0.2, 0.25) is 17.7 Å². The van der Waals surface area contributed by atoms with Crippen LogP contribution in [0.2, 0.25) is 0 Å². The standard InChI is InChI=1S/C14H19N3O5.C8H14N4O5.C5H9NO2/c15-10(5-6-12(17)18)14(21)22-9-3-1-8(2-4-9)7-11(16)13(19)20;9-3(1-5(11)13)7(15)17-8(16)4(10)2-6(12)14;7-5(8)4-2-1-3-6-4/h1-4,10-11H,5-7,15-16H2,(H2,17,18)(H,19,20);3-4H,1-2,9-10H2,(H2,11,13)(H2,12,14);4,6H,1-3H2,(H,7,8)/t10-,11+;3-,4-;4-/m000/s1. The van der Waals surface area contributed by atoms with Gasteiger partial charge in [0.05, 0.1) is 12.8 Å². The molecule has 1 fully saturated rings. The van der Waals surface area contributed by atoms with Crippen molar-refractivity contribution in [2.45, 2.75) is 75.2 Å². The number of nitrogens with two attached hydrogens (primary N) is 7. The lowest BCUT2D eigenvalue weighted by atomic mass is 10.1. The molecule has 1 aliphatic rings. The van der Waals surface area contributed by atoms with Crippen LogP contribution in [0.5, 0.6) is 5.75 Å². The van der Waals surface area contributed by atoms with Gasteiger partial charge in [-0.1, -0.05) is 12.1 Å². The summed E-state index contributed by atoms with van der Waals surface area (Å²) >= 11 is 0. The molecule has 262 valence electrons. The van der Waals surface area contributed by atoms with Crippen LogP contribution in [0.1, 0.15) is 44.1 Å². The topological polar surface area (TPSA) is 390 Å². The van der Waals surface area contributed by atoms with Gasteiger partial charge in [0.15, 0.2) is 0 Å². The zero-order valence-corrected chi connectivity index (χ0v) is 25.4. The molecule has 1 aliphatic heterocycles. The molecule has 0 aliphatic carbocycles. The van der Waals surface area contributed by atoms with E-state index in [9.17, 15) is 38.4 Å². The molecule has 5 atom stereocenters. The van der Waals surface area contributed by atoms with Crippen LogP contribution in [0.3, 0.4) is 0 Å². The van der Waals surface area contributed by atoms with Gasteiger partial charge in [0, 0.05) is 6.42 Å². The average molecular weight is 671 g/mol. The van der Waals surface area contributed by atoms with Crippen molar-refractivity contribution in [2.24, 2.45) is 40.1 Å². The Balaban J connectivity index is 0.000000744. The lowest BCUT2D eigenvalue weighted by molar-refractivity contribution is -0.162. The maximum Gasteiger partial charge on any atom is 0.331 e. The Kier molecular flexibility index (Phi) is 19.4. The smallest absolute Gasteiger partial charge is 0.331 e. The zero-order valence-electron chi connectivity index (χ0n) is 25.4. The third-order valence-corrected chi connectivity index (χ3v) is 5.93. The fourth-order valence-corrected chi connectivity index (χ4v) is 3.39. The van der Waals surface area contributed by atoms with E-state index in [1.54, 1.807) is 12.1 Å². The van der Waals surface area contributed by atoms with Crippen molar-refractivity contribution in [2.75, 3.05) is 6.54 Å². The van der Waals surface area contributed by atoms with Crippen LogP contribution in [0, 0.1) is 0 Å². The molecule has 17 N–H and O–H groups in total. The van der Waals surface area contributed by atoms with Gasteiger partial charge in [0.1, 0.15) is 36.0 Å². The second-order valence-corrected chi connectivity index (χ2v) is 10.1. The maximum absolute atomic E-state index is 11.7. The summed E-state index contributed by atoms with van der Waals surface area (Å²) in [6, 6.07) is 1.36. The molecule has 0 saturated carbocycles. The number of primary amides is 3. The molecule has 0 bridgehead atoms. The van der Waals surface area contributed by atoms with Crippen molar-refractivity contribution in [3.8, 4) is 5.75 Å². The van der Waals surface area contributed by atoms with E-state index >= 15 is 0 Å². The van der Waals surface area contributed by atoms with Crippen molar-refractivity contribution in [3.63, 3.8) is 0 Å². The molecule has 1 saturated heterocycles. The number of carbonyl (C=O) groups excluding carboxylic acids is 6. The second-order valence-electron chi connectivity index (χ2n) is 10.1. The number of carboxylic acids is 2. The summed E-state index contributed by atoms with van der Waals surface area (Å²) in [7, 11) is 0. The van der Waals surface area contributed by atoms with Crippen LogP contribution in [0.4, 0.5) is 0 Å². The fourth-order valence-electron chi connectivity index (χ4n) is 3.39. The number of nitrogens with one attached hydrogen (secondary N) is 1. The first-order chi connectivity index (χ1) is 21.8. The Morgan fingerprint density at radius 2 is 1.26 bits per heavy atom. The molecular formula is C27H42N8O12. The first kappa shape index (κ1) is 42.0. The first-order valence-corrected chi connectivity index (χ1v) is 14.0. The third kappa shape index (κ3) is 19.2. The van der Waals surface area contributed by atoms with E-state index in [1.165, 1.54) is 12.1 Å². The molecule has 3 amide bonds. The molecule has 0 unspecified atom stereocenters. The number of ether oxygens (including phenoxy) is 2. The molecule has 2 rings (SSSR count). The predicted molar refractivity (Wildman–Crippen MR) is 161 cm³/mol. The van der Waals surface area contributed by atoms with Crippen molar-refractivity contribution in [1.82, 2.24) is 5.32 Å². The minimum absolute atomic E-state index is 0.00226. The van der Waals surface area contributed by atoms with Crippen LogP contribution in [-0.2, 0) is 49.5 Å². The normalized spacial score (nSPS) is 15.9. The highest BCUT2D eigenvalue weighted by atomic mass is 16.6. The van der Waals surface area contributed by atoms with E-state index in [4.69, 9.17) is 55.1 Å². The van der Waals surface area contributed by atoms with Crippen molar-refractivity contribution in [1.29, 1.82) is 0 Å². The average Bonchev–Trinajstić information content (AvgIpc) is 3.52. The summed E-state index contributed by atoms with van der Waals surface area (Å²) in [5.74, 6) is -6.67. The number of rotatable bonds is 15. The number of hydrogen-bond donors (Lipinski definition) is 10. The molecule has 1 aromatic rings. The molecule has 0 aromatic heterocycles. The van der Waals surface area contributed by atoms with E-state index in [-0.39, 0.29) is 31.1 Å². The maximum atomic E-state index is 11.7. The molecule has 47 heavy (non-hydrogen) atoms. The van der Waals surface area contributed by atoms with E-state index in [1.807, 2.05) is 0 Å². The highest BCUT2D eigenvalue weighted by Gasteiger charge is 2.25. The summed E-state index contributed by atoms with van der Waals surface area (Å²) < 4.78 is 9.28. The van der Waals surface area contributed by atoms with Gasteiger partial charge in [-0.3, -0.25) is 24.0 Å². The van der Waals surface area contributed by atoms with Crippen molar-refractivity contribution < 1.29 is 58.0 Å². The van der Waals surface area contributed by atoms with Gasteiger partial charge in [-0.25, -0.2) is 14.4 Å². The minimum atomic E-state index is -1.35. The highest BCUT2D eigenvalue weighted by molar-refractivity contribution is 5.94. The lowest BCUT2D eigenvalue weighted by Gasteiger charge is -2.11. The molecular weight excluding hydrogens is 628 g/mol. The number of hydrogen-bond acceptors (Lipinski definition) is 15. The first-order valence-electron chi connectivity index (χ1n) is 14.0. The summed E-state index contributed by atoms with van der Waals surface area (Å²) in [6.07, 6.45) is 1.14. The summed E-state index contributed by atoms with van der Waals surface area (Å²) in [5.41, 5.74) is 36.7. The number of carbonyl (C=O) groups is 8. The Morgan fingerprint density at radius 3 is 1.62 bits per heavy atom.